The molecule has 1 aromatic carbocycles. The molecule has 0 amide bonds. The van der Waals surface area contributed by atoms with Gasteiger partial charge in [-0.2, -0.15) is 5.26 Å². The van der Waals surface area contributed by atoms with Gasteiger partial charge in [0.25, 0.3) is 0 Å². The van der Waals surface area contributed by atoms with Gasteiger partial charge in [0.2, 0.25) is 0 Å². The lowest BCUT2D eigenvalue weighted by Crippen LogP contribution is -2.29. The molecule has 0 N–H and O–H groups in total. The molecular formula is C17H23NO. The number of ether oxygens (including phenoxy) is 1. The number of hydrogen-bond acceptors (Lipinski definition) is 2. The number of hydrogen-bond donors (Lipinski definition) is 0. The largest absolute Gasteiger partial charge is 0.492 e. The van der Waals surface area contributed by atoms with Gasteiger partial charge in [0.15, 0.2) is 0 Å². The van der Waals surface area contributed by atoms with Crippen molar-refractivity contribution in [2.75, 3.05) is 6.61 Å². The van der Waals surface area contributed by atoms with Gasteiger partial charge < -0.3 is 4.74 Å². The highest BCUT2D eigenvalue weighted by molar-refractivity contribution is 5.29. The van der Waals surface area contributed by atoms with Gasteiger partial charge in [-0.1, -0.05) is 45.2 Å². The van der Waals surface area contributed by atoms with Gasteiger partial charge in [-0.15, -0.1) is 0 Å². The molecule has 0 bridgehead atoms. The zero-order chi connectivity index (χ0) is 13.7. The molecule has 1 fully saturated rings. The minimum absolute atomic E-state index is 0.255. The summed E-state index contributed by atoms with van der Waals surface area (Å²) in [5.74, 6) is 1.42. The summed E-state index contributed by atoms with van der Waals surface area (Å²) >= 11 is 0. The van der Waals surface area contributed by atoms with Crippen LogP contribution in [0.5, 0.6) is 5.75 Å². The van der Waals surface area contributed by atoms with Crippen LogP contribution in [0.3, 0.4) is 0 Å². The highest BCUT2D eigenvalue weighted by Crippen LogP contribution is 2.36. The standard InChI is InChI=1S/C17H23NO/c1-14(2)15-6-8-16(9-7-15)19-13-17(12-18)10-4-3-5-11-17/h6-9,14H,3-5,10-11,13H2,1-2H3. The van der Waals surface area contributed by atoms with Crippen LogP contribution in [0.4, 0.5) is 0 Å². The summed E-state index contributed by atoms with van der Waals surface area (Å²) in [4.78, 5) is 0. The van der Waals surface area contributed by atoms with Crippen molar-refractivity contribution < 1.29 is 4.74 Å². The summed E-state index contributed by atoms with van der Waals surface area (Å²) < 4.78 is 5.85. The summed E-state index contributed by atoms with van der Waals surface area (Å²) in [5.41, 5.74) is 1.06. The van der Waals surface area contributed by atoms with Gasteiger partial charge in [0, 0.05) is 0 Å². The predicted octanol–water partition coefficient (Wildman–Crippen LogP) is 4.66. The molecule has 1 aliphatic carbocycles. The summed E-state index contributed by atoms with van der Waals surface area (Å²) in [6.45, 7) is 4.90. The topological polar surface area (TPSA) is 33.0 Å². The molecule has 1 saturated carbocycles. The Morgan fingerprint density at radius 1 is 1.16 bits per heavy atom. The van der Waals surface area contributed by atoms with Gasteiger partial charge in [-0.05, 0) is 36.5 Å². The van der Waals surface area contributed by atoms with Crippen LogP contribution in [-0.4, -0.2) is 6.61 Å². The van der Waals surface area contributed by atoms with Gasteiger partial charge in [0.1, 0.15) is 12.4 Å². The Bertz CT molecular complexity index is 435. The zero-order valence-corrected chi connectivity index (χ0v) is 12.0. The summed E-state index contributed by atoms with van der Waals surface area (Å²) in [6.07, 6.45) is 5.53. The Balaban J connectivity index is 1.96. The van der Waals surface area contributed by atoms with E-state index in [1.54, 1.807) is 0 Å². The lowest BCUT2D eigenvalue weighted by atomic mass is 9.76. The van der Waals surface area contributed by atoms with E-state index in [1.807, 2.05) is 12.1 Å². The highest BCUT2D eigenvalue weighted by Gasteiger charge is 2.32. The maximum Gasteiger partial charge on any atom is 0.119 e. The molecule has 2 rings (SSSR count). The molecule has 0 radical (unpaired) electrons. The molecule has 0 aliphatic heterocycles. The van der Waals surface area contributed by atoms with E-state index in [4.69, 9.17) is 4.74 Å². The molecule has 0 saturated heterocycles. The number of rotatable bonds is 4. The van der Waals surface area contributed by atoms with Crippen LogP contribution in [0.1, 0.15) is 57.4 Å². The van der Waals surface area contributed by atoms with Crippen molar-refractivity contribution in [2.24, 2.45) is 5.41 Å². The Hall–Kier alpha value is -1.49. The Morgan fingerprint density at radius 2 is 1.79 bits per heavy atom. The first-order valence-electron chi connectivity index (χ1n) is 7.29. The lowest BCUT2D eigenvalue weighted by molar-refractivity contribution is 0.150. The lowest BCUT2D eigenvalue weighted by Gasteiger charge is -2.30. The first-order chi connectivity index (χ1) is 9.15. The molecule has 0 atom stereocenters. The number of nitriles is 1. The third-order valence-corrected chi connectivity index (χ3v) is 4.11. The maximum atomic E-state index is 9.41. The smallest absolute Gasteiger partial charge is 0.119 e. The van der Waals surface area contributed by atoms with Crippen molar-refractivity contribution in [3.8, 4) is 11.8 Å². The second kappa shape index (κ2) is 6.10. The third-order valence-electron chi connectivity index (χ3n) is 4.11. The molecule has 1 aliphatic rings. The maximum absolute atomic E-state index is 9.41. The van der Waals surface area contributed by atoms with Crippen LogP contribution < -0.4 is 4.74 Å². The van der Waals surface area contributed by atoms with Crippen molar-refractivity contribution in [3.05, 3.63) is 29.8 Å². The first kappa shape index (κ1) is 13.9. The highest BCUT2D eigenvalue weighted by atomic mass is 16.5. The van der Waals surface area contributed by atoms with Gasteiger partial charge in [-0.3, -0.25) is 0 Å². The first-order valence-corrected chi connectivity index (χ1v) is 7.29. The number of nitrogens with zero attached hydrogens (tertiary/aromatic N) is 1. The van der Waals surface area contributed by atoms with E-state index in [2.05, 4.69) is 32.0 Å². The fourth-order valence-electron chi connectivity index (χ4n) is 2.69. The van der Waals surface area contributed by atoms with Gasteiger partial charge in [0.05, 0.1) is 11.5 Å². The average molecular weight is 257 g/mol. The van der Waals surface area contributed by atoms with E-state index in [-0.39, 0.29) is 5.41 Å². The van der Waals surface area contributed by atoms with Crippen LogP contribution in [0.15, 0.2) is 24.3 Å². The molecule has 102 valence electrons. The number of benzene rings is 1. The molecule has 0 unspecified atom stereocenters. The van der Waals surface area contributed by atoms with Gasteiger partial charge in [-0.25, -0.2) is 0 Å². The molecule has 2 nitrogen and oxygen atoms in total. The minimum atomic E-state index is -0.255. The van der Waals surface area contributed by atoms with Crippen LogP contribution in [-0.2, 0) is 0 Å². The van der Waals surface area contributed by atoms with Crippen molar-refractivity contribution in [1.29, 1.82) is 5.26 Å². The zero-order valence-electron chi connectivity index (χ0n) is 12.0. The Labute approximate surface area is 116 Å². The monoisotopic (exact) mass is 257 g/mol. The minimum Gasteiger partial charge on any atom is -0.492 e. The van der Waals surface area contributed by atoms with E-state index >= 15 is 0 Å². The average Bonchev–Trinajstić information content (AvgIpc) is 2.46. The molecule has 19 heavy (non-hydrogen) atoms. The van der Waals surface area contributed by atoms with E-state index in [0.29, 0.717) is 12.5 Å². The normalized spacial score (nSPS) is 18.0. The summed E-state index contributed by atoms with van der Waals surface area (Å²) in [6, 6.07) is 10.7. The molecule has 0 spiro atoms. The van der Waals surface area contributed by atoms with E-state index in [1.165, 1.54) is 12.0 Å². The fraction of sp³-hybridized carbons (Fsp3) is 0.588. The van der Waals surface area contributed by atoms with Crippen molar-refractivity contribution in [3.63, 3.8) is 0 Å². The molecular weight excluding hydrogens is 234 g/mol. The Morgan fingerprint density at radius 3 is 2.32 bits per heavy atom. The van der Waals surface area contributed by atoms with Crippen molar-refractivity contribution in [1.82, 2.24) is 0 Å². The van der Waals surface area contributed by atoms with Crippen molar-refractivity contribution >= 4 is 0 Å². The van der Waals surface area contributed by atoms with Crippen LogP contribution in [0.25, 0.3) is 0 Å². The predicted molar refractivity (Wildman–Crippen MR) is 77.2 cm³/mol. The second-order valence-corrected chi connectivity index (χ2v) is 5.97. The molecule has 1 aromatic rings. The quantitative estimate of drug-likeness (QED) is 0.785. The summed E-state index contributed by atoms with van der Waals surface area (Å²) in [5, 5.41) is 9.41. The van der Waals surface area contributed by atoms with Crippen LogP contribution in [0, 0.1) is 16.7 Å². The fourth-order valence-corrected chi connectivity index (χ4v) is 2.69. The van der Waals surface area contributed by atoms with E-state index in [0.717, 1.165) is 31.4 Å². The molecule has 2 heteroatoms. The van der Waals surface area contributed by atoms with Crippen LogP contribution in [0.2, 0.25) is 0 Å². The Kier molecular flexibility index (Phi) is 4.47. The second-order valence-electron chi connectivity index (χ2n) is 5.97. The molecule has 0 heterocycles. The summed E-state index contributed by atoms with van der Waals surface area (Å²) in [7, 11) is 0. The van der Waals surface area contributed by atoms with E-state index < -0.39 is 0 Å². The third kappa shape index (κ3) is 3.50. The van der Waals surface area contributed by atoms with Crippen LogP contribution >= 0.6 is 0 Å². The molecule has 0 aromatic heterocycles. The SMILES string of the molecule is CC(C)c1ccc(OCC2(C#N)CCCCC2)cc1. The van der Waals surface area contributed by atoms with Gasteiger partial charge >= 0.3 is 0 Å². The van der Waals surface area contributed by atoms with E-state index in [9.17, 15) is 5.26 Å². The van der Waals surface area contributed by atoms with Crippen molar-refractivity contribution in [2.45, 2.75) is 51.9 Å².